The molecule has 100 valence electrons. The third-order valence-electron chi connectivity index (χ3n) is 2.53. The first-order valence-corrected chi connectivity index (χ1v) is 7.05. The Balaban J connectivity index is 2.18. The molecular weight excluding hydrogens is 283 g/mol. The van der Waals surface area contributed by atoms with Crippen LogP contribution >= 0.6 is 24.0 Å². The molecule has 0 bridgehead atoms. The maximum Gasteiger partial charge on any atom is 0.260 e. The van der Waals surface area contributed by atoms with E-state index in [1.54, 1.807) is 0 Å². The number of hydrogen-bond acceptors (Lipinski definition) is 4. The van der Waals surface area contributed by atoms with Crippen molar-refractivity contribution in [3.63, 3.8) is 0 Å². The van der Waals surface area contributed by atoms with Gasteiger partial charge in [-0.2, -0.15) is 0 Å². The summed E-state index contributed by atoms with van der Waals surface area (Å²) < 4.78 is 13.5. The number of hydrogen-bond donors (Lipinski definition) is 2. The number of thiol groups is 1. The molecule has 0 saturated carbocycles. The van der Waals surface area contributed by atoms with Crippen molar-refractivity contribution in [2.24, 2.45) is 0 Å². The van der Waals surface area contributed by atoms with E-state index >= 15 is 0 Å². The lowest BCUT2D eigenvalue weighted by atomic mass is 10.2. The third-order valence-corrected chi connectivity index (χ3v) is 3.58. The first-order chi connectivity index (χ1) is 8.97. The molecule has 6 heteroatoms. The second-order valence-corrected chi connectivity index (χ2v) is 5.72. The molecule has 0 aliphatic rings. The van der Waals surface area contributed by atoms with Gasteiger partial charge in [0.15, 0.2) is 5.13 Å². The van der Waals surface area contributed by atoms with Crippen LogP contribution in [0.4, 0.5) is 9.52 Å². The van der Waals surface area contributed by atoms with Gasteiger partial charge in [0.1, 0.15) is 5.82 Å². The van der Waals surface area contributed by atoms with Crippen LogP contribution < -0.4 is 5.32 Å². The van der Waals surface area contributed by atoms with Gasteiger partial charge in [-0.3, -0.25) is 10.1 Å². The minimum absolute atomic E-state index is 0.0335. The topological polar surface area (TPSA) is 42.0 Å². The Kier molecular flexibility index (Phi) is 4.21. The predicted molar refractivity (Wildman–Crippen MR) is 77.8 cm³/mol. The number of anilines is 1. The zero-order chi connectivity index (χ0) is 14.0. The molecule has 1 N–H and O–H groups in total. The summed E-state index contributed by atoms with van der Waals surface area (Å²) in [5, 5.41) is 4.95. The lowest BCUT2D eigenvalue weighted by molar-refractivity contribution is 0.102. The Hall–Kier alpha value is -1.40. The molecule has 1 aromatic heterocycles. The van der Waals surface area contributed by atoms with Gasteiger partial charge in [-0.15, -0.1) is 24.0 Å². The molecule has 0 unspecified atom stereocenters. The molecule has 1 aromatic carbocycles. The van der Waals surface area contributed by atoms with E-state index in [0.717, 1.165) is 5.69 Å². The van der Waals surface area contributed by atoms with E-state index < -0.39 is 11.7 Å². The summed E-state index contributed by atoms with van der Waals surface area (Å²) in [6, 6.07) is 4.11. The van der Waals surface area contributed by atoms with Gasteiger partial charge in [0.05, 0.1) is 11.3 Å². The van der Waals surface area contributed by atoms with Gasteiger partial charge in [-0.1, -0.05) is 13.8 Å². The number of carbonyl (C=O) groups excluding carboxylic acids is 1. The Morgan fingerprint density at radius 1 is 1.47 bits per heavy atom. The minimum Gasteiger partial charge on any atom is -0.298 e. The van der Waals surface area contributed by atoms with Crippen LogP contribution in [0.1, 0.15) is 35.8 Å². The summed E-state index contributed by atoms with van der Waals surface area (Å²) in [5.41, 5.74) is 0.873. The number of benzene rings is 1. The van der Waals surface area contributed by atoms with Gasteiger partial charge in [-0.25, -0.2) is 9.37 Å². The number of carbonyl (C=O) groups is 1. The van der Waals surface area contributed by atoms with E-state index in [2.05, 4.69) is 22.9 Å². The fourth-order valence-electron chi connectivity index (χ4n) is 1.46. The number of aromatic nitrogens is 1. The fraction of sp³-hybridized carbons (Fsp3) is 0.231. The highest BCUT2D eigenvalue weighted by Gasteiger charge is 2.14. The molecule has 1 amide bonds. The van der Waals surface area contributed by atoms with Crippen LogP contribution in [0, 0.1) is 5.82 Å². The van der Waals surface area contributed by atoms with Crippen molar-refractivity contribution in [2.75, 3.05) is 5.32 Å². The summed E-state index contributed by atoms with van der Waals surface area (Å²) in [6.07, 6.45) is 0. The number of nitrogens with zero attached hydrogens (tertiary/aromatic N) is 1. The molecular formula is C13H13FN2OS2. The van der Waals surface area contributed by atoms with Gasteiger partial charge >= 0.3 is 0 Å². The summed E-state index contributed by atoms with van der Waals surface area (Å²) in [4.78, 5) is 16.8. The molecule has 0 saturated heterocycles. The average molecular weight is 296 g/mol. The van der Waals surface area contributed by atoms with Crippen molar-refractivity contribution >= 4 is 35.0 Å². The van der Waals surface area contributed by atoms with Gasteiger partial charge in [0, 0.05) is 10.3 Å². The summed E-state index contributed by atoms with van der Waals surface area (Å²) in [6.45, 7) is 4.04. The maximum absolute atomic E-state index is 13.5. The molecule has 2 aromatic rings. The second-order valence-electron chi connectivity index (χ2n) is 4.35. The van der Waals surface area contributed by atoms with Crippen molar-refractivity contribution in [3.05, 3.63) is 40.7 Å². The van der Waals surface area contributed by atoms with Crippen LogP contribution in [0.25, 0.3) is 0 Å². The molecule has 1 heterocycles. The molecule has 0 atom stereocenters. The Morgan fingerprint density at radius 2 is 2.21 bits per heavy atom. The number of nitrogens with one attached hydrogen (secondary N) is 1. The van der Waals surface area contributed by atoms with Crippen molar-refractivity contribution in [3.8, 4) is 0 Å². The summed E-state index contributed by atoms with van der Waals surface area (Å²) in [5.74, 6) is -0.798. The van der Waals surface area contributed by atoms with Crippen molar-refractivity contribution in [2.45, 2.75) is 24.7 Å². The zero-order valence-corrected chi connectivity index (χ0v) is 12.2. The van der Waals surface area contributed by atoms with E-state index in [4.69, 9.17) is 0 Å². The van der Waals surface area contributed by atoms with E-state index in [9.17, 15) is 9.18 Å². The Labute approximate surface area is 120 Å². The van der Waals surface area contributed by atoms with Gasteiger partial charge in [0.25, 0.3) is 5.91 Å². The predicted octanol–water partition coefficient (Wildman–Crippen LogP) is 3.95. The Morgan fingerprint density at radius 3 is 2.84 bits per heavy atom. The van der Waals surface area contributed by atoms with Gasteiger partial charge in [-0.05, 0) is 24.1 Å². The first kappa shape index (κ1) is 14.0. The van der Waals surface area contributed by atoms with E-state index in [0.29, 0.717) is 15.9 Å². The Bertz CT molecular complexity index is 610. The number of halogens is 1. The van der Waals surface area contributed by atoms with Crippen molar-refractivity contribution < 1.29 is 9.18 Å². The smallest absolute Gasteiger partial charge is 0.260 e. The monoisotopic (exact) mass is 296 g/mol. The van der Waals surface area contributed by atoms with Crippen LogP contribution in [0.5, 0.6) is 0 Å². The average Bonchev–Trinajstić information content (AvgIpc) is 2.80. The third kappa shape index (κ3) is 3.33. The number of rotatable bonds is 3. The zero-order valence-electron chi connectivity index (χ0n) is 10.5. The standard InChI is InChI=1S/C13H13FN2OS2/c1-7(2)11-6-19-13(15-11)16-12(17)9-5-8(18)3-4-10(9)14/h3-7,18H,1-2H3,(H,15,16,17). The first-order valence-electron chi connectivity index (χ1n) is 5.72. The lowest BCUT2D eigenvalue weighted by Gasteiger charge is -2.04. The van der Waals surface area contributed by atoms with Crippen LogP contribution in [0.2, 0.25) is 0 Å². The summed E-state index contributed by atoms with van der Waals surface area (Å²) >= 11 is 5.42. The van der Waals surface area contributed by atoms with Crippen LogP contribution in [-0.4, -0.2) is 10.9 Å². The molecule has 19 heavy (non-hydrogen) atoms. The maximum atomic E-state index is 13.5. The quantitative estimate of drug-likeness (QED) is 0.842. The largest absolute Gasteiger partial charge is 0.298 e. The molecule has 0 fully saturated rings. The highest BCUT2D eigenvalue weighted by atomic mass is 32.1. The highest BCUT2D eigenvalue weighted by molar-refractivity contribution is 7.80. The molecule has 0 spiro atoms. The molecule has 0 aliphatic heterocycles. The SMILES string of the molecule is CC(C)c1csc(NC(=O)c2cc(S)ccc2F)n1. The fourth-order valence-corrected chi connectivity index (χ4v) is 2.53. The van der Waals surface area contributed by atoms with Gasteiger partial charge in [0.2, 0.25) is 0 Å². The molecule has 2 rings (SSSR count). The van der Waals surface area contributed by atoms with E-state index in [1.165, 1.54) is 29.5 Å². The minimum atomic E-state index is -0.573. The van der Waals surface area contributed by atoms with Crippen LogP contribution in [0.15, 0.2) is 28.5 Å². The normalized spacial score (nSPS) is 10.8. The van der Waals surface area contributed by atoms with Crippen molar-refractivity contribution in [1.29, 1.82) is 0 Å². The van der Waals surface area contributed by atoms with Crippen LogP contribution in [-0.2, 0) is 0 Å². The molecule has 0 radical (unpaired) electrons. The lowest BCUT2D eigenvalue weighted by Crippen LogP contribution is -2.13. The second kappa shape index (κ2) is 5.71. The van der Waals surface area contributed by atoms with Crippen molar-refractivity contribution in [1.82, 2.24) is 4.98 Å². The number of thiazole rings is 1. The molecule has 0 aliphatic carbocycles. The molecule has 3 nitrogen and oxygen atoms in total. The van der Waals surface area contributed by atoms with Gasteiger partial charge < -0.3 is 0 Å². The van der Waals surface area contributed by atoms with E-state index in [-0.39, 0.29) is 5.56 Å². The van der Waals surface area contributed by atoms with E-state index in [1.807, 2.05) is 19.2 Å². The summed E-state index contributed by atoms with van der Waals surface area (Å²) in [7, 11) is 0. The van der Waals surface area contributed by atoms with Crippen LogP contribution in [0.3, 0.4) is 0 Å². The number of amides is 1. The highest BCUT2D eigenvalue weighted by Crippen LogP contribution is 2.22.